The van der Waals surface area contributed by atoms with Crippen LogP contribution >= 0.6 is 0 Å². The van der Waals surface area contributed by atoms with Gasteiger partial charge < -0.3 is 38.5 Å². The van der Waals surface area contributed by atoms with Gasteiger partial charge in [0.05, 0.1) is 59.6 Å². The zero-order valence-corrected chi connectivity index (χ0v) is 18.8. The van der Waals surface area contributed by atoms with Crippen molar-refractivity contribution in [1.29, 1.82) is 0 Å². The Morgan fingerprint density at radius 3 is 1.88 bits per heavy atom. The zero-order valence-electron chi connectivity index (χ0n) is 18.8. The first-order chi connectivity index (χ1) is 15.5. The summed E-state index contributed by atoms with van der Waals surface area (Å²) in [7, 11) is 9.25. The molecule has 0 amide bonds. The zero-order chi connectivity index (χ0) is 23.0. The van der Waals surface area contributed by atoms with Crippen molar-refractivity contribution in [3.63, 3.8) is 0 Å². The number of cyclic esters (lactones) is 1. The minimum absolute atomic E-state index is 0.144. The van der Waals surface area contributed by atoms with Crippen molar-refractivity contribution in [3.05, 3.63) is 40.6 Å². The molecular formula is C23H25NO8. The molecule has 170 valence electrons. The molecule has 0 saturated carbocycles. The van der Waals surface area contributed by atoms with Crippen LogP contribution in [0.5, 0.6) is 34.5 Å². The van der Waals surface area contributed by atoms with Crippen molar-refractivity contribution in [1.82, 2.24) is 0 Å². The second-order valence-corrected chi connectivity index (χ2v) is 7.09. The monoisotopic (exact) mass is 443 g/mol. The molecule has 0 aliphatic carbocycles. The topological polar surface area (TPSA) is 93.7 Å². The molecule has 0 saturated heterocycles. The predicted octanol–water partition coefficient (Wildman–Crippen LogP) is 3.11. The average molecular weight is 443 g/mol. The molecule has 0 fully saturated rings. The van der Waals surface area contributed by atoms with Crippen LogP contribution in [-0.2, 0) is 9.53 Å². The van der Waals surface area contributed by atoms with E-state index in [9.17, 15) is 4.79 Å². The number of nitrogens with one attached hydrogen (secondary N) is 1. The van der Waals surface area contributed by atoms with Crippen LogP contribution in [0.1, 0.15) is 17.0 Å². The van der Waals surface area contributed by atoms with Crippen LogP contribution in [0.4, 0.5) is 5.69 Å². The van der Waals surface area contributed by atoms with E-state index in [0.29, 0.717) is 51.3 Å². The molecule has 1 N–H and O–H groups in total. The van der Waals surface area contributed by atoms with Gasteiger partial charge in [-0.1, -0.05) is 0 Å². The lowest BCUT2D eigenvalue weighted by Crippen LogP contribution is -2.21. The Labute approximate surface area is 185 Å². The maximum absolute atomic E-state index is 12.8. The second kappa shape index (κ2) is 8.41. The highest BCUT2D eigenvalue weighted by molar-refractivity contribution is 5.98. The van der Waals surface area contributed by atoms with E-state index in [2.05, 4.69) is 5.32 Å². The van der Waals surface area contributed by atoms with Crippen LogP contribution < -0.4 is 33.7 Å². The molecule has 0 aromatic heterocycles. The van der Waals surface area contributed by atoms with E-state index >= 15 is 0 Å². The highest BCUT2D eigenvalue weighted by Gasteiger charge is 2.42. The van der Waals surface area contributed by atoms with Gasteiger partial charge in [0.2, 0.25) is 11.5 Å². The summed E-state index contributed by atoms with van der Waals surface area (Å²) in [4.78, 5) is 12.8. The van der Waals surface area contributed by atoms with E-state index in [1.54, 1.807) is 28.4 Å². The molecule has 32 heavy (non-hydrogen) atoms. The van der Waals surface area contributed by atoms with E-state index in [0.717, 1.165) is 11.3 Å². The summed E-state index contributed by atoms with van der Waals surface area (Å²) in [6.45, 7) is 0.144. The summed E-state index contributed by atoms with van der Waals surface area (Å²) < 4.78 is 38.8. The quantitative estimate of drug-likeness (QED) is 0.648. The third-order valence-electron chi connectivity index (χ3n) is 5.64. The summed E-state index contributed by atoms with van der Waals surface area (Å²) in [6.07, 6.45) is 0. The lowest BCUT2D eigenvalue weighted by atomic mass is 9.80. The minimum Gasteiger partial charge on any atom is -0.493 e. The van der Waals surface area contributed by atoms with Gasteiger partial charge >= 0.3 is 5.97 Å². The second-order valence-electron chi connectivity index (χ2n) is 7.09. The molecule has 1 unspecified atom stereocenters. The highest BCUT2D eigenvalue weighted by atomic mass is 16.5. The Kier molecular flexibility index (Phi) is 5.65. The predicted molar refractivity (Wildman–Crippen MR) is 116 cm³/mol. The van der Waals surface area contributed by atoms with Gasteiger partial charge in [0, 0.05) is 17.5 Å². The van der Waals surface area contributed by atoms with Gasteiger partial charge in [-0.05, 0) is 17.7 Å². The molecular weight excluding hydrogens is 418 g/mol. The van der Waals surface area contributed by atoms with Crippen molar-refractivity contribution in [2.24, 2.45) is 0 Å². The molecule has 1 atom stereocenters. The van der Waals surface area contributed by atoms with Gasteiger partial charge in [0.1, 0.15) is 6.61 Å². The largest absolute Gasteiger partial charge is 0.493 e. The number of hydrogen-bond donors (Lipinski definition) is 1. The number of esters is 1. The molecule has 0 spiro atoms. The number of fused-ring (bicyclic) bond motifs is 1. The van der Waals surface area contributed by atoms with Crippen molar-refractivity contribution in [2.75, 3.05) is 54.6 Å². The number of anilines is 1. The first-order valence-electron chi connectivity index (χ1n) is 9.82. The molecule has 0 radical (unpaired) electrons. The summed E-state index contributed by atoms with van der Waals surface area (Å²) in [5.41, 5.74) is 3.32. The number of hydrogen-bond acceptors (Lipinski definition) is 9. The van der Waals surface area contributed by atoms with Crippen molar-refractivity contribution in [2.45, 2.75) is 5.92 Å². The van der Waals surface area contributed by atoms with Crippen LogP contribution in [0.2, 0.25) is 0 Å². The SMILES string of the molecule is COc1cc(C2C3=C(COC3=O)Nc3cc(OC)c(OC)c(OC)c32)cc(OC)c1OC. The van der Waals surface area contributed by atoms with Crippen LogP contribution in [0.3, 0.4) is 0 Å². The fraction of sp³-hybridized carbons (Fsp3) is 0.348. The van der Waals surface area contributed by atoms with Gasteiger partial charge in [0.15, 0.2) is 23.0 Å². The molecule has 2 aromatic rings. The molecule has 2 aliphatic rings. The van der Waals surface area contributed by atoms with Crippen LogP contribution in [-0.4, -0.2) is 55.2 Å². The molecule has 2 heterocycles. The van der Waals surface area contributed by atoms with Crippen molar-refractivity contribution >= 4 is 11.7 Å². The third-order valence-corrected chi connectivity index (χ3v) is 5.64. The van der Waals surface area contributed by atoms with Crippen LogP contribution in [0.25, 0.3) is 0 Å². The van der Waals surface area contributed by atoms with E-state index in [4.69, 9.17) is 33.2 Å². The van der Waals surface area contributed by atoms with Gasteiger partial charge in [-0.25, -0.2) is 4.79 Å². The molecule has 2 aromatic carbocycles. The van der Waals surface area contributed by atoms with Gasteiger partial charge in [-0.2, -0.15) is 0 Å². The Morgan fingerprint density at radius 2 is 1.34 bits per heavy atom. The maximum atomic E-state index is 12.8. The fourth-order valence-corrected chi connectivity index (χ4v) is 4.29. The van der Waals surface area contributed by atoms with E-state index < -0.39 is 11.9 Å². The molecule has 4 rings (SSSR count). The maximum Gasteiger partial charge on any atom is 0.337 e. The number of benzene rings is 2. The Bertz CT molecular complexity index is 1080. The number of carbonyl (C=O) groups excluding carboxylic acids is 1. The minimum atomic E-state index is -0.542. The number of methoxy groups -OCH3 is 6. The van der Waals surface area contributed by atoms with Gasteiger partial charge in [0.25, 0.3) is 0 Å². The van der Waals surface area contributed by atoms with E-state index in [-0.39, 0.29) is 6.61 Å². The molecule has 9 nitrogen and oxygen atoms in total. The smallest absolute Gasteiger partial charge is 0.337 e. The first kappa shape index (κ1) is 21.5. The Balaban J connectivity index is 2.05. The van der Waals surface area contributed by atoms with Crippen LogP contribution in [0.15, 0.2) is 29.5 Å². The van der Waals surface area contributed by atoms with Crippen molar-refractivity contribution in [3.8, 4) is 34.5 Å². The van der Waals surface area contributed by atoms with Crippen molar-refractivity contribution < 1.29 is 38.0 Å². The average Bonchev–Trinajstić information content (AvgIpc) is 3.20. The molecule has 2 aliphatic heterocycles. The summed E-state index contributed by atoms with van der Waals surface area (Å²) >= 11 is 0. The van der Waals surface area contributed by atoms with E-state index in [1.165, 1.54) is 14.2 Å². The number of ether oxygens (including phenoxy) is 7. The normalized spacial score (nSPS) is 16.4. The van der Waals surface area contributed by atoms with Crippen LogP contribution in [0, 0.1) is 0 Å². The van der Waals surface area contributed by atoms with Gasteiger partial charge in [-0.3, -0.25) is 0 Å². The molecule has 9 heteroatoms. The molecule has 0 bridgehead atoms. The summed E-state index contributed by atoms with van der Waals surface area (Å²) in [5, 5.41) is 3.30. The Morgan fingerprint density at radius 1 is 0.781 bits per heavy atom. The Hall–Kier alpha value is -3.75. The lowest BCUT2D eigenvalue weighted by Gasteiger charge is -2.30. The lowest BCUT2D eigenvalue weighted by molar-refractivity contribution is -0.136. The first-order valence-corrected chi connectivity index (χ1v) is 9.82. The third kappa shape index (κ3) is 3.12. The standard InChI is InChI=1S/C23H25NO8/c1-26-14-7-11(8-15(27-2)20(14)29-4)17-18-12(24-13-10-32-23(25)19(13)17)9-16(28-3)21(30-5)22(18)31-6/h7-9,17,24H,10H2,1-6H3. The highest BCUT2D eigenvalue weighted by Crippen LogP contribution is 2.55. The summed E-state index contributed by atoms with van der Waals surface area (Å²) in [6, 6.07) is 5.44. The fourth-order valence-electron chi connectivity index (χ4n) is 4.29. The van der Waals surface area contributed by atoms with E-state index in [1.807, 2.05) is 18.2 Å². The summed E-state index contributed by atoms with van der Waals surface area (Å²) in [5.74, 6) is 1.80. The van der Waals surface area contributed by atoms with Gasteiger partial charge in [-0.15, -0.1) is 0 Å². The number of rotatable bonds is 7. The number of carbonyl (C=O) groups is 1.